The van der Waals surface area contributed by atoms with Gasteiger partial charge in [0, 0.05) is 6.26 Å². The first-order chi connectivity index (χ1) is 6.88. The fourth-order valence-electron chi connectivity index (χ4n) is 1.32. The molecule has 0 fully saturated rings. The smallest absolute Gasteiger partial charge is 0.337 e. The lowest BCUT2D eigenvalue weighted by Gasteiger charge is -2.08. The number of rotatable bonds is 3. The van der Waals surface area contributed by atoms with E-state index in [-0.39, 0.29) is 16.0 Å². The fraction of sp³-hybridized carbons (Fsp3) is 0.222. The van der Waals surface area contributed by atoms with Crippen molar-refractivity contribution in [2.45, 2.75) is 11.5 Å². The topological polar surface area (TPSA) is 91.7 Å². The molecule has 0 atom stereocenters. The number of carbonyl (C=O) groups is 1. The Morgan fingerprint density at radius 3 is 2.40 bits per heavy atom. The van der Waals surface area contributed by atoms with Crippen LogP contribution < -0.4 is 0 Å². The summed E-state index contributed by atoms with van der Waals surface area (Å²) in [6.45, 7) is -0.510. The maximum Gasteiger partial charge on any atom is 0.337 e. The molecule has 0 aliphatic heterocycles. The first-order valence-corrected chi connectivity index (χ1v) is 5.93. The summed E-state index contributed by atoms with van der Waals surface area (Å²) in [5.41, 5.74) is -0.221. The van der Waals surface area contributed by atoms with Gasteiger partial charge < -0.3 is 10.2 Å². The Kier molecular flexibility index (Phi) is 3.11. The van der Waals surface area contributed by atoms with Crippen molar-refractivity contribution in [2.75, 3.05) is 6.26 Å². The van der Waals surface area contributed by atoms with Crippen molar-refractivity contribution in [2.24, 2.45) is 0 Å². The van der Waals surface area contributed by atoms with Crippen molar-refractivity contribution in [1.82, 2.24) is 0 Å². The summed E-state index contributed by atoms with van der Waals surface area (Å²) in [6, 6.07) is 3.96. The molecule has 1 aromatic rings. The fourth-order valence-corrected chi connectivity index (χ4v) is 2.48. The maximum absolute atomic E-state index is 11.4. The van der Waals surface area contributed by atoms with Gasteiger partial charge >= 0.3 is 5.97 Å². The second-order valence-electron chi connectivity index (χ2n) is 3.03. The lowest BCUT2D eigenvalue weighted by Crippen LogP contribution is -2.10. The van der Waals surface area contributed by atoms with E-state index < -0.39 is 22.4 Å². The molecule has 0 aromatic heterocycles. The van der Waals surface area contributed by atoms with Crippen LogP contribution in [-0.4, -0.2) is 30.9 Å². The zero-order valence-electron chi connectivity index (χ0n) is 7.97. The molecule has 0 saturated carbocycles. The Balaban J connectivity index is 3.63. The third kappa shape index (κ3) is 2.34. The number of aromatic carboxylic acids is 1. The summed E-state index contributed by atoms with van der Waals surface area (Å²) in [5, 5.41) is 17.7. The van der Waals surface area contributed by atoms with E-state index in [4.69, 9.17) is 10.2 Å². The van der Waals surface area contributed by atoms with Gasteiger partial charge in [0.2, 0.25) is 0 Å². The first kappa shape index (κ1) is 11.7. The number of benzene rings is 1. The van der Waals surface area contributed by atoms with Crippen LogP contribution in [0.3, 0.4) is 0 Å². The quantitative estimate of drug-likeness (QED) is 0.778. The number of sulfone groups is 1. The first-order valence-electron chi connectivity index (χ1n) is 4.04. The van der Waals surface area contributed by atoms with E-state index in [1.165, 1.54) is 18.2 Å². The van der Waals surface area contributed by atoms with Gasteiger partial charge in [-0.05, 0) is 11.6 Å². The number of hydrogen-bond donors (Lipinski definition) is 2. The molecule has 15 heavy (non-hydrogen) atoms. The highest BCUT2D eigenvalue weighted by atomic mass is 32.2. The van der Waals surface area contributed by atoms with Crippen LogP contribution in [0.25, 0.3) is 0 Å². The molecule has 0 bridgehead atoms. The van der Waals surface area contributed by atoms with Gasteiger partial charge in [-0.15, -0.1) is 0 Å². The molecule has 6 heteroatoms. The Morgan fingerprint density at radius 1 is 1.40 bits per heavy atom. The van der Waals surface area contributed by atoms with Crippen LogP contribution in [-0.2, 0) is 16.4 Å². The molecular formula is C9H10O5S. The van der Waals surface area contributed by atoms with Gasteiger partial charge in [-0.3, -0.25) is 0 Å². The third-order valence-corrected chi connectivity index (χ3v) is 3.09. The van der Waals surface area contributed by atoms with Crippen LogP contribution in [0.4, 0.5) is 0 Å². The molecule has 0 spiro atoms. The largest absolute Gasteiger partial charge is 0.478 e. The van der Waals surface area contributed by atoms with Crippen molar-refractivity contribution < 1.29 is 23.4 Å². The molecule has 0 unspecified atom stereocenters. The summed E-state index contributed by atoms with van der Waals surface area (Å²) in [4.78, 5) is 10.5. The molecule has 0 radical (unpaired) electrons. The minimum atomic E-state index is -3.66. The average Bonchev–Trinajstić information content (AvgIpc) is 2.15. The molecule has 5 nitrogen and oxygen atoms in total. The monoisotopic (exact) mass is 230 g/mol. The van der Waals surface area contributed by atoms with Gasteiger partial charge in [0.05, 0.1) is 17.1 Å². The predicted molar refractivity (Wildman–Crippen MR) is 52.4 cm³/mol. The van der Waals surface area contributed by atoms with Crippen LogP contribution in [0.5, 0.6) is 0 Å². The lowest BCUT2D eigenvalue weighted by molar-refractivity contribution is 0.0692. The Morgan fingerprint density at radius 2 is 2.00 bits per heavy atom. The SMILES string of the molecule is CS(=O)(=O)c1c(CO)cccc1C(=O)O. The molecule has 1 rings (SSSR count). The standard InChI is InChI=1S/C9H10O5S/c1-15(13,14)8-6(5-10)3-2-4-7(8)9(11)12/h2-4,10H,5H2,1H3,(H,11,12). The second-order valence-corrected chi connectivity index (χ2v) is 4.98. The number of carboxylic acids is 1. The molecule has 0 amide bonds. The minimum Gasteiger partial charge on any atom is -0.478 e. The van der Waals surface area contributed by atoms with Crippen molar-refractivity contribution in [3.05, 3.63) is 29.3 Å². The number of aliphatic hydroxyl groups excluding tert-OH is 1. The molecule has 0 aliphatic rings. The van der Waals surface area contributed by atoms with Gasteiger partial charge in [0.1, 0.15) is 0 Å². The Hall–Kier alpha value is -1.40. The van der Waals surface area contributed by atoms with Crippen LogP contribution >= 0.6 is 0 Å². The summed E-state index contributed by atoms with van der Waals surface area (Å²) in [6.07, 6.45) is 0.911. The summed E-state index contributed by atoms with van der Waals surface area (Å²) < 4.78 is 22.7. The van der Waals surface area contributed by atoms with Crippen molar-refractivity contribution in [1.29, 1.82) is 0 Å². The molecular weight excluding hydrogens is 220 g/mol. The summed E-state index contributed by atoms with van der Waals surface area (Å²) in [7, 11) is -3.66. The van der Waals surface area contributed by atoms with E-state index in [2.05, 4.69) is 0 Å². The van der Waals surface area contributed by atoms with E-state index in [1.54, 1.807) is 0 Å². The van der Waals surface area contributed by atoms with Crippen molar-refractivity contribution in [3.8, 4) is 0 Å². The molecule has 0 aliphatic carbocycles. The van der Waals surface area contributed by atoms with E-state index in [9.17, 15) is 13.2 Å². The number of aliphatic hydroxyl groups is 1. The molecule has 1 aromatic carbocycles. The predicted octanol–water partition coefficient (Wildman–Crippen LogP) is 0.281. The van der Waals surface area contributed by atoms with E-state index in [0.29, 0.717) is 0 Å². The maximum atomic E-state index is 11.4. The third-order valence-electron chi connectivity index (χ3n) is 1.87. The highest BCUT2D eigenvalue weighted by molar-refractivity contribution is 7.90. The highest BCUT2D eigenvalue weighted by Gasteiger charge is 2.21. The second kappa shape index (κ2) is 4.00. The van der Waals surface area contributed by atoms with Crippen LogP contribution in [0, 0.1) is 0 Å². The molecule has 82 valence electrons. The molecule has 0 saturated heterocycles. The van der Waals surface area contributed by atoms with E-state index in [1.807, 2.05) is 0 Å². The normalized spacial score (nSPS) is 11.3. The van der Waals surface area contributed by atoms with Gasteiger partial charge in [-0.25, -0.2) is 13.2 Å². The average molecular weight is 230 g/mol. The summed E-state index contributed by atoms with van der Waals surface area (Å²) in [5.74, 6) is -1.33. The van der Waals surface area contributed by atoms with E-state index in [0.717, 1.165) is 6.26 Å². The zero-order valence-corrected chi connectivity index (χ0v) is 8.78. The minimum absolute atomic E-state index is 0.0948. The van der Waals surface area contributed by atoms with Gasteiger partial charge in [0.25, 0.3) is 0 Å². The van der Waals surface area contributed by atoms with Gasteiger partial charge in [-0.1, -0.05) is 12.1 Å². The van der Waals surface area contributed by atoms with Crippen LogP contribution in [0.15, 0.2) is 23.1 Å². The van der Waals surface area contributed by atoms with Crippen molar-refractivity contribution in [3.63, 3.8) is 0 Å². The van der Waals surface area contributed by atoms with Gasteiger partial charge in [-0.2, -0.15) is 0 Å². The van der Waals surface area contributed by atoms with Crippen LogP contribution in [0.1, 0.15) is 15.9 Å². The Bertz CT molecular complexity index is 489. The zero-order chi connectivity index (χ0) is 11.6. The van der Waals surface area contributed by atoms with Gasteiger partial charge in [0.15, 0.2) is 9.84 Å². The molecule has 2 N–H and O–H groups in total. The highest BCUT2D eigenvalue weighted by Crippen LogP contribution is 2.20. The lowest BCUT2D eigenvalue weighted by atomic mass is 10.1. The molecule has 0 heterocycles. The number of hydrogen-bond acceptors (Lipinski definition) is 4. The van der Waals surface area contributed by atoms with E-state index >= 15 is 0 Å². The van der Waals surface area contributed by atoms with Crippen molar-refractivity contribution >= 4 is 15.8 Å². The Labute approximate surface area is 86.9 Å². The number of carboxylic acid groups (broad SMARTS) is 1. The van der Waals surface area contributed by atoms with Crippen LogP contribution in [0.2, 0.25) is 0 Å². The summed E-state index contributed by atoms with van der Waals surface area (Å²) >= 11 is 0.